The first kappa shape index (κ1) is 27.3. The number of allylic oxidation sites excluding steroid dienone is 4. The molecule has 0 aromatic heterocycles. The highest BCUT2D eigenvalue weighted by molar-refractivity contribution is 7.96. The van der Waals surface area contributed by atoms with Crippen molar-refractivity contribution in [1.29, 1.82) is 0 Å². The molecule has 2 N–H and O–H groups in total. The molecule has 2 atom stereocenters. The molecule has 0 radical (unpaired) electrons. The molecule has 0 bridgehead atoms. The van der Waals surface area contributed by atoms with E-state index in [0.29, 0.717) is 30.1 Å². The fourth-order valence-electron chi connectivity index (χ4n) is 4.39. The smallest absolute Gasteiger partial charge is 0.383 e. The van der Waals surface area contributed by atoms with E-state index in [1.165, 1.54) is 34.6 Å². The highest BCUT2D eigenvalue weighted by atomic mass is 32.2. The van der Waals surface area contributed by atoms with Gasteiger partial charge >= 0.3 is 6.18 Å². The van der Waals surface area contributed by atoms with Crippen molar-refractivity contribution in [3.05, 3.63) is 83.3 Å². The Morgan fingerprint density at radius 3 is 2.38 bits per heavy atom. The highest BCUT2D eigenvalue weighted by Crippen LogP contribution is 2.39. The molecular weight excluding hydrogens is 523 g/mol. The molecule has 0 spiro atoms. The Hall–Kier alpha value is -2.73. The number of piperazine rings is 1. The third-order valence-corrected chi connectivity index (χ3v) is 9.12. The molecule has 2 aliphatic rings. The molecule has 2 aromatic carbocycles. The first-order valence-electron chi connectivity index (χ1n) is 11.8. The summed E-state index contributed by atoms with van der Waals surface area (Å²) in [7, 11) is -3.81. The van der Waals surface area contributed by atoms with E-state index in [4.69, 9.17) is 12.2 Å². The van der Waals surface area contributed by atoms with Gasteiger partial charge in [0.05, 0.1) is 10.9 Å². The first-order chi connectivity index (χ1) is 17.4. The molecule has 1 saturated heterocycles. The van der Waals surface area contributed by atoms with E-state index in [1.807, 2.05) is 41.3 Å². The summed E-state index contributed by atoms with van der Waals surface area (Å²) in [6.07, 6.45) is 0.597. The number of aliphatic hydroxyl groups is 1. The third kappa shape index (κ3) is 5.74. The average Bonchev–Trinajstić information content (AvgIpc) is 2.87. The van der Waals surface area contributed by atoms with E-state index in [2.05, 4.69) is 5.32 Å². The van der Waals surface area contributed by atoms with Gasteiger partial charge in [-0.2, -0.15) is 17.5 Å². The number of halogens is 3. The second-order valence-corrected chi connectivity index (χ2v) is 11.6. The maximum absolute atomic E-state index is 13.4. The summed E-state index contributed by atoms with van der Waals surface area (Å²) in [6, 6.07) is 14.7. The Morgan fingerprint density at radius 1 is 1.08 bits per heavy atom. The van der Waals surface area contributed by atoms with E-state index in [9.17, 15) is 26.7 Å². The maximum atomic E-state index is 13.4. The molecule has 2 aromatic rings. The van der Waals surface area contributed by atoms with Crippen LogP contribution in [0.2, 0.25) is 0 Å². The van der Waals surface area contributed by atoms with Crippen LogP contribution < -0.4 is 10.2 Å². The van der Waals surface area contributed by atoms with Crippen LogP contribution in [0, 0.1) is 0 Å². The van der Waals surface area contributed by atoms with Crippen molar-refractivity contribution in [2.45, 2.75) is 31.2 Å². The predicted molar refractivity (Wildman–Crippen MR) is 143 cm³/mol. The van der Waals surface area contributed by atoms with E-state index in [-0.39, 0.29) is 29.6 Å². The van der Waals surface area contributed by atoms with Gasteiger partial charge in [-0.05, 0) is 42.8 Å². The Morgan fingerprint density at radius 2 is 1.76 bits per heavy atom. The molecule has 11 heteroatoms. The fraction of sp³-hybridized carbons (Fsp3) is 0.346. The van der Waals surface area contributed by atoms with E-state index >= 15 is 0 Å². The SMILES string of the molecule is C[C@](O)(c1ccc(N2CCN(S(=O)(=O)C3=CC=CCC3=S)C[C@@H]2CNc2ccccc2)cc1)C(F)(F)F. The Labute approximate surface area is 220 Å². The third-order valence-electron chi connectivity index (χ3n) is 6.65. The van der Waals surface area contributed by atoms with Crippen LogP contribution in [0.1, 0.15) is 18.9 Å². The van der Waals surface area contributed by atoms with Crippen molar-refractivity contribution < 1.29 is 26.7 Å². The number of hydrogen-bond donors (Lipinski definition) is 2. The monoisotopic (exact) mass is 551 g/mol. The number of benzene rings is 2. The lowest BCUT2D eigenvalue weighted by Crippen LogP contribution is -2.57. The van der Waals surface area contributed by atoms with E-state index in [1.54, 1.807) is 6.08 Å². The molecule has 0 saturated carbocycles. The Balaban J connectivity index is 1.60. The topological polar surface area (TPSA) is 72.9 Å². The van der Waals surface area contributed by atoms with E-state index in [0.717, 1.165) is 12.6 Å². The van der Waals surface area contributed by atoms with Gasteiger partial charge in [0, 0.05) is 48.8 Å². The summed E-state index contributed by atoms with van der Waals surface area (Å²) in [6.45, 7) is 1.79. The van der Waals surface area contributed by atoms with Crippen LogP contribution in [-0.2, 0) is 15.6 Å². The summed E-state index contributed by atoms with van der Waals surface area (Å²) in [5, 5.41) is 13.3. The zero-order valence-corrected chi connectivity index (χ0v) is 21.8. The van der Waals surface area contributed by atoms with Crippen molar-refractivity contribution in [3.63, 3.8) is 0 Å². The summed E-state index contributed by atoms with van der Waals surface area (Å²) in [4.78, 5) is 2.48. The quantitative estimate of drug-likeness (QED) is 0.490. The zero-order valence-electron chi connectivity index (χ0n) is 20.1. The normalized spacial score (nSPS) is 20.9. The molecule has 6 nitrogen and oxygen atoms in total. The number of nitrogens with one attached hydrogen (secondary N) is 1. The van der Waals surface area contributed by atoms with Gasteiger partial charge in [0.1, 0.15) is 0 Å². The lowest BCUT2D eigenvalue weighted by molar-refractivity contribution is -0.258. The number of anilines is 2. The number of rotatable bonds is 7. The largest absolute Gasteiger partial charge is 0.421 e. The summed E-state index contributed by atoms with van der Waals surface area (Å²) < 4.78 is 68.1. The molecule has 198 valence electrons. The van der Waals surface area contributed by atoms with Crippen molar-refractivity contribution in [3.8, 4) is 0 Å². The lowest BCUT2D eigenvalue weighted by Gasteiger charge is -2.42. The molecule has 4 rings (SSSR count). The first-order valence-corrected chi connectivity index (χ1v) is 13.6. The lowest BCUT2D eigenvalue weighted by atomic mass is 9.95. The van der Waals surface area contributed by atoms with Crippen molar-refractivity contribution in [2.24, 2.45) is 0 Å². The minimum absolute atomic E-state index is 0.131. The zero-order chi connectivity index (χ0) is 26.8. The van der Waals surface area contributed by atoms with E-state index < -0.39 is 21.8 Å². The van der Waals surface area contributed by atoms with Crippen LogP contribution in [0.25, 0.3) is 0 Å². The molecule has 0 unspecified atom stereocenters. The van der Waals surface area contributed by atoms with Crippen LogP contribution in [0.4, 0.5) is 24.5 Å². The van der Waals surface area contributed by atoms with Gasteiger partial charge in [-0.25, -0.2) is 8.42 Å². The van der Waals surface area contributed by atoms with Crippen molar-refractivity contribution in [1.82, 2.24) is 4.31 Å². The Bertz CT molecular complexity index is 1290. The molecule has 1 aliphatic carbocycles. The van der Waals surface area contributed by atoms with Crippen LogP contribution in [-0.4, -0.2) is 61.1 Å². The van der Waals surface area contributed by atoms with Crippen LogP contribution in [0.3, 0.4) is 0 Å². The van der Waals surface area contributed by atoms with Gasteiger partial charge in [-0.15, -0.1) is 0 Å². The number of para-hydroxylation sites is 1. The van der Waals surface area contributed by atoms with Crippen molar-refractivity contribution in [2.75, 3.05) is 36.4 Å². The number of alkyl halides is 3. The van der Waals surface area contributed by atoms with Gasteiger partial charge in [-0.3, -0.25) is 0 Å². The fourth-order valence-corrected chi connectivity index (χ4v) is 6.46. The second kappa shape index (κ2) is 10.6. The van der Waals surface area contributed by atoms with Gasteiger partial charge in [0.25, 0.3) is 0 Å². The molecule has 37 heavy (non-hydrogen) atoms. The molecule has 1 aliphatic heterocycles. The summed E-state index contributed by atoms with van der Waals surface area (Å²) >= 11 is 5.31. The van der Waals surface area contributed by atoms with Crippen molar-refractivity contribution >= 4 is 38.5 Å². The maximum Gasteiger partial charge on any atom is 0.421 e. The molecule has 0 amide bonds. The molecular formula is C26H28F3N3O3S2. The minimum atomic E-state index is -4.82. The Kier molecular flexibility index (Phi) is 7.80. The van der Waals surface area contributed by atoms with Gasteiger partial charge in [-0.1, -0.05) is 54.7 Å². The second-order valence-electron chi connectivity index (χ2n) is 9.16. The minimum Gasteiger partial charge on any atom is -0.383 e. The van der Waals surface area contributed by atoms with Gasteiger partial charge in [0.15, 0.2) is 5.60 Å². The van der Waals surface area contributed by atoms with Gasteiger partial charge < -0.3 is 15.3 Å². The molecule has 1 heterocycles. The standard InChI is InChI=1S/C26H28F3N3O3S2/c1-25(33,26(27,28)29)19-11-13-21(14-12-19)32-16-15-31(37(34,35)24-10-6-5-9-23(24)36)18-22(32)17-30-20-7-3-2-4-8-20/h2-8,10-14,22,30,33H,9,15-18H2,1H3/t22-,25-/m0/s1. The number of nitrogens with zero attached hydrogens (tertiary/aromatic N) is 2. The average molecular weight is 552 g/mol. The van der Waals surface area contributed by atoms with Crippen LogP contribution >= 0.6 is 12.2 Å². The highest BCUT2D eigenvalue weighted by Gasteiger charge is 2.51. The van der Waals surface area contributed by atoms with Gasteiger partial charge in [0.2, 0.25) is 10.0 Å². The summed E-state index contributed by atoms with van der Waals surface area (Å²) in [5.74, 6) is 0. The number of hydrogen-bond acceptors (Lipinski definition) is 6. The van der Waals surface area contributed by atoms with Crippen LogP contribution in [0.5, 0.6) is 0 Å². The molecule has 1 fully saturated rings. The predicted octanol–water partition coefficient (Wildman–Crippen LogP) is 4.60. The van der Waals surface area contributed by atoms with Crippen LogP contribution in [0.15, 0.2) is 77.7 Å². The number of thiocarbonyl (C=S) groups is 1. The number of sulfonamides is 1. The summed E-state index contributed by atoms with van der Waals surface area (Å²) in [5.41, 5.74) is -1.75.